The Balaban J connectivity index is 2.01. The molecule has 1 heterocycles. The Kier molecular flexibility index (Phi) is 4.49. The predicted octanol–water partition coefficient (Wildman–Crippen LogP) is 2.32. The van der Waals surface area contributed by atoms with Crippen molar-refractivity contribution >= 4 is 11.6 Å². The number of benzene rings is 1. The number of carbonyl (C=O) groups excluding carboxylic acids is 1. The number of anilines is 1. The normalized spacial score (nSPS) is 18.9. The molecule has 1 amide bonds. The van der Waals surface area contributed by atoms with Crippen molar-refractivity contribution in [3.8, 4) is 5.75 Å². The van der Waals surface area contributed by atoms with Crippen molar-refractivity contribution in [2.45, 2.75) is 25.1 Å². The van der Waals surface area contributed by atoms with Crippen LogP contribution in [-0.2, 0) is 4.79 Å². The van der Waals surface area contributed by atoms with Crippen LogP contribution in [0.5, 0.6) is 5.75 Å². The minimum atomic E-state index is -4.41. The quantitative estimate of drug-likeness (QED) is 0.894. The molecule has 1 atom stereocenters. The first-order valence-corrected chi connectivity index (χ1v) is 6.28. The van der Waals surface area contributed by atoms with Crippen molar-refractivity contribution in [3.63, 3.8) is 0 Å². The van der Waals surface area contributed by atoms with Crippen LogP contribution in [0.1, 0.15) is 12.8 Å². The molecule has 1 aliphatic rings. The molecule has 1 aromatic rings. The number of ether oxygens (including phenoxy) is 1. The van der Waals surface area contributed by atoms with E-state index in [2.05, 4.69) is 10.6 Å². The van der Waals surface area contributed by atoms with E-state index in [1.54, 1.807) is 12.1 Å². The van der Waals surface area contributed by atoms with E-state index in [1.807, 2.05) is 0 Å². The van der Waals surface area contributed by atoms with E-state index in [0.29, 0.717) is 0 Å². The Bertz CT molecular complexity index is 471. The average Bonchev–Trinajstić information content (AvgIpc) is 2.90. The van der Waals surface area contributed by atoms with Gasteiger partial charge in [0, 0.05) is 0 Å². The van der Waals surface area contributed by atoms with E-state index in [0.717, 1.165) is 19.4 Å². The van der Waals surface area contributed by atoms with Crippen LogP contribution < -0.4 is 15.4 Å². The van der Waals surface area contributed by atoms with Gasteiger partial charge < -0.3 is 15.4 Å². The third-order valence-corrected chi connectivity index (χ3v) is 2.91. The van der Waals surface area contributed by atoms with Crippen LogP contribution in [0.3, 0.4) is 0 Å². The molecule has 7 heteroatoms. The standard InChI is InChI=1S/C13H15F3N2O2/c14-13(15,16)8-20-11-6-2-1-4-9(11)18-12(19)10-5-3-7-17-10/h1-2,4,6,10,17H,3,5,7-8H2,(H,18,19)/t10-/m1/s1. The Morgan fingerprint density at radius 2 is 2.15 bits per heavy atom. The van der Waals surface area contributed by atoms with Gasteiger partial charge in [-0.1, -0.05) is 12.1 Å². The molecule has 1 aliphatic heterocycles. The molecule has 1 aromatic carbocycles. The Hall–Kier alpha value is -1.76. The molecule has 1 fully saturated rings. The summed E-state index contributed by atoms with van der Waals surface area (Å²) in [4.78, 5) is 11.9. The summed E-state index contributed by atoms with van der Waals surface area (Å²) in [5.74, 6) is -0.248. The summed E-state index contributed by atoms with van der Waals surface area (Å²) >= 11 is 0. The number of rotatable bonds is 4. The number of para-hydroxylation sites is 2. The number of carbonyl (C=O) groups is 1. The molecule has 0 aromatic heterocycles. The van der Waals surface area contributed by atoms with Gasteiger partial charge in [0.1, 0.15) is 5.75 Å². The van der Waals surface area contributed by atoms with Crippen molar-refractivity contribution in [2.75, 3.05) is 18.5 Å². The van der Waals surface area contributed by atoms with Gasteiger partial charge in [-0.3, -0.25) is 4.79 Å². The molecule has 0 bridgehead atoms. The predicted molar refractivity (Wildman–Crippen MR) is 67.6 cm³/mol. The molecule has 110 valence electrons. The zero-order valence-corrected chi connectivity index (χ0v) is 10.7. The third kappa shape index (κ3) is 4.12. The number of nitrogens with one attached hydrogen (secondary N) is 2. The largest absolute Gasteiger partial charge is 0.482 e. The van der Waals surface area contributed by atoms with Crippen molar-refractivity contribution < 1.29 is 22.7 Å². The second-order valence-corrected chi connectivity index (χ2v) is 4.54. The number of alkyl halides is 3. The monoisotopic (exact) mass is 288 g/mol. The van der Waals surface area contributed by atoms with E-state index in [9.17, 15) is 18.0 Å². The first-order valence-electron chi connectivity index (χ1n) is 6.28. The molecular weight excluding hydrogens is 273 g/mol. The third-order valence-electron chi connectivity index (χ3n) is 2.91. The smallest absolute Gasteiger partial charge is 0.422 e. The first-order chi connectivity index (χ1) is 9.46. The van der Waals surface area contributed by atoms with Crippen LogP contribution in [0.2, 0.25) is 0 Å². The second kappa shape index (κ2) is 6.13. The van der Waals surface area contributed by atoms with E-state index < -0.39 is 12.8 Å². The summed E-state index contributed by atoms with van der Waals surface area (Å²) < 4.78 is 41.2. The maximum atomic E-state index is 12.2. The summed E-state index contributed by atoms with van der Waals surface area (Å²) in [6.45, 7) is -0.619. The molecule has 0 spiro atoms. The number of hydrogen-bond donors (Lipinski definition) is 2. The van der Waals surface area contributed by atoms with Crippen LogP contribution >= 0.6 is 0 Å². The Morgan fingerprint density at radius 1 is 1.40 bits per heavy atom. The van der Waals surface area contributed by atoms with E-state index in [-0.39, 0.29) is 23.4 Å². The fraction of sp³-hybridized carbons (Fsp3) is 0.462. The molecule has 0 saturated carbocycles. The lowest BCUT2D eigenvalue weighted by atomic mass is 10.2. The zero-order valence-electron chi connectivity index (χ0n) is 10.7. The molecule has 0 aliphatic carbocycles. The summed E-state index contributed by atoms with van der Waals surface area (Å²) in [7, 11) is 0. The van der Waals surface area contributed by atoms with Gasteiger partial charge in [-0.2, -0.15) is 13.2 Å². The second-order valence-electron chi connectivity index (χ2n) is 4.54. The molecular formula is C13H15F3N2O2. The average molecular weight is 288 g/mol. The topological polar surface area (TPSA) is 50.4 Å². The van der Waals surface area contributed by atoms with Crippen molar-refractivity contribution in [1.29, 1.82) is 0 Å². The maximum Gasteiger partial charge on any atom is 0.422 e. The van der Waals surface area contributed by atoms with Gasteiger partial charge in [0.05, 0.1) is 11.7 Å². The van der Waals surface area contributed by atoms with Crippen LogP contribution in [0.15, 0.2) is 24.3 Å². The maximum absolute atomic E-state index is 12.2. The highest BCUT2D eigenvalue weighted by molar-refractivity contribution is 5.96. The number of amides is 1. The fourth-order valence-electron chi connectivity index (χ4n) is 1.98. The number of hydrogen-bond acceptors (Lipinski definition) is 3. The SMILES string of the molecule is O=C(Nc1ccccc1OCC(F)(F)F)[C@H]1CCCN1. The highest BCUT2D eigenvalue weighted by Crippen LogP contribution is 2.26. The Morgan fingerprint density at radius 3 is 2.80 bits per heavy atom. The lowest BCUT2D eigenvalue weighted by molar-refractivity contribution is -0.153. The van der Waals surface area contributed by atoms with Gasteiger partial charge >= 0.3 is 6.18 Å². The van der Waals surface area contributed by atoms with Gasteiger partial charge in [-0.15, -0.1) is 0 Å². The summed E-state index contributed by atoms with van der Waals surface area (Å²) in [6, 6.07) is 5.78. The van der Waals surface area contributed by atoms with E-state index in [1.165, 1.54) is 12.1 Å². The molecule has 4 nitrogen and oxygen atoms in total. The lowest BCUT2D eigenvalue weighted by Crippen LogP contribution is -2.35. The first kappa shape index (κ1) is 14.6. The van der Waals surface area contributed by atoms with Crippen molar-refractivity contribution in [1.82, 2.24) is 5.32 Å². The van der Waals surface area contributed by atoms with Crippen LogP contribution in [-0.4, -0.2) is 31.3 Å². The molecule has 2 rings (SSSR count). The zero-order chi connectivity index (χ0) is 14.6. The molecule has 0 unspecified atom stereocenters. The van der Waals surface area contributed by atoms with Crippen molar-refractivity contribution in [2.24, 2.45) is 0 Å². The summed E-state index contributed by atoms with van der Waals surface area (Å²) in [5.41, 5.74) is 0.246. The van der Waals surface area contributed by atoms with Gasteiger partial charge in [-0.25, -0.2) is 0 Å². The summed E-state index contributed by atoms with van der Waals surface area (Å²) in [6.07, 6.45) is -2.79. The van der Waals surface area contributed by atoms with E-state index >= 15 is 0 Å². The fourth-order valence-corrected chi connectivity index (χ4v) is 1.98. The lowest BCUT2D eigenvalue weighted by Gasteiger charge is -2.15. The van der Waals surface area contributed by atoms with Gasteiger partial charge in [0.2, 0.25) is 5.91 Å². The summed E-state index contributed by atoms with van der Waals surface area (Å²) in [5, 5.41) is 5.61. The molecule has 0 radical (unpaired) electrons. The number of halogens is 3. The van der Waals surface area contributed by atoms with Crippen LogP contribution in [0.25, 0.3) is 0 Å². The molecule has 20 heavy (non-hydrogen) atoms. The van der Waals surface area contributed by atoms with Crippen LogP contribution in [0, 0.1) is 0 Å². The molecule has 2 N–H and O–H groups in total. The minimum absolute atomic E-state index is 0.0103. The highest BCUT2D eigenvalue weighted by Gasteiger charge is 2.29. The van der Waals surface area contributed by atoms with Gasteiger partial charge in [-0.05, 0) is 31.5 Å². The van der Waals surface area contributed by atoms with Gasteiger partial charge in [0.25, 0.3) is 0 Å². The van der Waals surface area contributed by atoms with Crippen LogP contribution in [0.4, 0.5) is 18.9 Å². The van der Waals surface area contributed by atoms with Gasteiger partial charge in [0.15, 0.2) is 6.61 Å². The Labute approximate surface area is 114 Å². The highest BCUT2D eigenvalue weighted by atomic mass is 19.4. The minimum Gasteiger partial charge on any atom is -0.482 e. The van der Waals surface area contributed by atoms with Crippen molar-refractivity contribution in [3.05, 3.63) is 24.3 Å². The van der Waals surface area contributed by atoms with E-state index in [4.69, 9.17) is 4.74 Å². The molecule has 1 saturated heterocycles.